The van der Waals surface area contributed by atoms with Crippen LogP contribution in [0.1, 0.15) is 142 Å². The summed E-state index contributed by atoms with van der Waals surface area (Å²) in [6.07, 6.45) is 41.4. The van der Waals surface area contributed by atoms with Crippen LogP contribution in [0.15, 0.2) is 60.8 Å². The monoisotopic (exact) mass is 556 g/mol. The van der Waals surface area contributed by atoms with Crippen molar-refractivity contribution in [1.29, 1.82) is 0 Å². The van der Waals surface area contributed by atoms with Crippen LogP contribution in [0.2, 0.25) is 0 Å². The van der Waals surface area contributed by atoms with Gasteiger partial charge in [-0.1, -0.05) is 107 Å². The van der Waals surface area contributed by atoms with Crippen LogP contribution in [0, 0.1) is 11.8 Å². The zero-order valence-corrected chi connectivity index (χ0v) is 25.8. The molecule has 0 radical (unpaired) electrons. The van der Waals surface area contributed by atoms with Gasteiger partial charge in [0.05, 0.1) is 5.92 Å². The Bertz CT molecular complexity index is 744. The van der Waals surface area contributed by atoms with E-state index in [2.05, 4.69) is 74.6 Å². The first-order valence-corrected chi connectivity index (χ1v) is 16.2. The smallest absolute Gasteiger partial charge is 0.306 e. The number of aliphatic carboxylic acids is 2. The molecular formula is C36H60O4. The van der Waals surface area contributed by atoms with E-state index in [4.69, 9.17) is 0 Å². The minimum atomic E-state index is -0.845. The highest BCUT2D eigenvalue weighted by Crippen LogP contribution is 2.29. The van der Waals surface area contributed by atoms with Crippen LogP contribution in [-0.2, 0) is 9.59 Å². The third-order valence-corrected chi connectivity index (χ3v) is 7.30. The van der Waals surface area contributed by atoms with Crippen molar-refractivity contribution < 1.29 is 19.8 Å². The van der Waals surface area contributed by atoms with Crippen LogP contribution in [-0.4, -0.2) is 22.2 Å². The van der Waals surface area contributed by atoms with Crippen LogP contribution in [0.5, 0.6) is 0 Å². The number of rotatable bonds is 28. The summed E-state index contributed by atoms with van der Waals surface area (Å²) in [5, 5.41) is 19.1. The topological polar surface area (TPSA) is 74.6 Å². The summed E-state index contributed by atoms with van der Waals surface area (Å²) in [4.78, 5) is 23.3. The van der Waals surface area contributed by atoms with Crippen LogP contribution in [0.3, 0.4) is 0 Å². The molecule has 0 saturated heterocycles. The van der Waals surface area contributed by atoms with Gasteiger partial charge in [-0.15, -0.1) is 0 Å². The Hall–Kier alpha value is -2.36. The Morgan fingerprint density at radius 2 is 0.950 bits per heavy atom. The molecule has 2 atom stereocenters. The highest BCUT2D eigenvalue weighted by Gasteiger charge is 2.27. The molecule has 4 nitrogen and oxygen atoms in total. The maximum absolute atomic E-state index is 12.1. The molecule has 228 valence electrons. The van der Waals surface area contributed by atoms with E-state index in [1.54, 1.807) is 0 Å². The van der Waals surface area contributed by atoms with Gasteiger partial charge in [-0.3, -0.25) is 9.59 Å². The van der Waals surface area contributed by atoms with E-state index in [1.165, 1.54) is 44.9 Å². The lowest BCUT2D eigenvalue weighted by molar-refractivity contribution is -0.145. The Morgan fingerprint density at radius 3 is 1.38 bits per heavy atom. The first-order chi connectivity index (χ1) is 19.5. The Balaban J connectivity index is 4.36. The molecule has 0 saturated carbocycles. The van der Waals surface area contributed by atoms with Crippen LogP contribution >= 0.6 is 0 Å². The molecule has 0 heterocycles. The largest absolute Gasteiger partial charge is 0.481 e. The molecule has 2 N–H and O–H groups in total. The molecule has 0 fully saturated rings. The number of hydrogen-bond donors (Lipinski definition) is 2. The second kappa shape index (κ2) is 29.6. The van der Waals surface area contributed by atoms with E-state index >= 15 is 0 Å². The van der Waals surface area contributed by atoms with Crippen LogP contribution in [0.4, 0.5) is 0 Å². The molecule has 0 aromatic heterocycles. The molecular weight excluding hydrogens is 496 g/mol. The molecule has 0 rings (SSSR count). The van der Waals surface area contributed by atoms with E-state index in [0.717, 1.165) is 64.2 Å². The van der Waals surface area contributed by atoms with Gasteiger partial charge in [0.1, 0.15) is 0 Å². The number of carbonyl (C=O) groups is 2. The van der Waals surface area contributed by atoms with E-state index < -0.39 is 17.9 Å². The summed E-state index contributed by atoms with van der Waals surface area (Å²) in [7, 11) is 0. The van der Waals surface area contributed by atoms with Crippen LogP contribution in [0.25, 0.3) is 0 Å². The number of carboxylic acids is 2. The minimum Gasteiger partial charge on any atom is -0.481 e. The van der Waals surface area contributed by atoms with Crippen molar-refractivity contribution in [2.75, 3.05) is 0 Å². The lowest BCUT2D eigenvalue weighted by Crippen LogP contribution is -2.24. The second-order valence-electron chi connectivity index (χ2n) is 10.9. The zero-order chi connectivity index (χ0) is 29.5. The summed E-state index contributed by atoms with van der Waals surface area (Å²) in [6.45, 7) is 4.44. The molecule has 4 heteroatoms. The van der Waals surface area contributed by atoms with Gasteiger partial charge in [0.25, 0.3) is 0 Å². The van der Waals surface area contributed by atoms with E-state index in [1.807, 2.05) is 0 Å². The molecule has 0 aliphatic carbocycles. The molecule has 2 unspecified atom stereocenters. The van der Waals surface area contributed by atoms with Gasteiger partial charge in [-0.25, -0.2) is 0 Å². The van der Waals surface area contributed by atoms with Gasteiger partial charge in [-0.2, -0.15) is 0 Å². The zero-order valence-electron chi connectivity index (χ0n) is 25.8. The molecule has 0 aliphatic heterocycles. The highest BCUT2D eigenvalue weighted by atomic mass is 16.4. The van der Waals surface area contributed by atoms with Crippen molar-refractivity contribution in [3.8, 4) is 0 Å². The lowest BCUT2D eigenvalue weighted by Gasteiger charge is -2.23. The quantitative estimate of drug-likeness (QED) is 0.0742. The van der Waals surface area contributed by atoms with Crippen LogP contribution < -0.4 is 0 Å². The maximum Gasteiger partial charge on any atom is 0.306 e. The predicted molar refractivity (Wildman–Crippen MR) is 172 cm³/mol. The Kier molecular flexibility index (Phi) is 27.9. The molecule has 0 aliphatic rings. The maximum atomic E-state index is 12.1. The summed E-state index contributed by atoms with van der Waals surface area (Å²) in [6, 6.07) is 0. The summed E-state index contributed by atoms with van der Waals surface area (Å²) in [5.41, 5.74) is 0. The van der Waals surface area contributed by atoms with Crippen molar-refractivity contribution in [2.24, 2.45) is 11.8 Å². The summed E-state index contributed by atoms with van der Waals surface area (Å²) < 4.78 is 0. The van der Waals surface area contributed by atoms with Crippen molar-refractivity contribution in [1.82, 2.24) is 0 Å². The fourth-order valence-electron chi connectivity index (χ4n) is 4.85. The standard InChI is InChI=1S/C36H60O4/c1-3-5-7-9-11-13-15-17-18-20-22-24-26-28-30-34(36(39)40)33(31-32-35(37)38)29-27-25-23-21-19-16-14-12-10-8-6-4-2/h11-14,17-19,21-22,24,33-34H,3-10,15-16,20,23,25-32H2,1-2H3,(H,37,38)(H,39,40). The fourth-order valence-corrected chi connectivity index (χ4v) is 4.85. The van der Waals surface area contributed by atoms with Gasteiger partial charge < -0.3 is 10.2 Å². The molecule has 0 spiro atoms. The number of hydrogen-bond acceptors (Lipinski definition) is 2. The highest BCUT2D eigenvalue weighted by molar-refractivity contribution is 5.70. The fraction of sp³-hybridized carbons (Fsp3) is 0.667. The van der Waals surface area contributed by atoms with Gasteiger partial charge >= 0.3 is 11.9 Å². The first kappa shape index (κ1) is 37.6. The number of allylic oxidation sites excluding steroid dienone is 10. The van der Waals surface area contributed by atoms with Gasteiger partial charge in [-0.05, 0) is 95.8 Å². The van der Waals surface area contributed by atoms with Crippen molar-refractivity contribution in [2.45, 2.75) is 142 Å². The van der Waals surface area contributed by atoms with Crippen molar-refractivity contribution >= 4 is 11.9 Å². The lowest BCUT2D eigenvalue weighted by atomic mass is 9.81. The van der Waals surface area contributed by atoms with Gasteiger partial charge in [0.15, 0.2) is 0 Å². The average Bonchev–Trinajstić information content (AvgIpc) is 2.93. The van der Waals surface area contributed by atoms with Crippen molar-refractivity contribution in [3.05, 3.63) is 60.8 Å². The third kappa shape index (κ3) is 25.9. The number of unbranched alkanes of at least 4 members (excludes halogenated alkanes) is 9. The molecule has 40 heavy (non-hydrogen) atoms. The van der Waals surface area contributed by atoms with Crippen molar-refractivity contribution in [3.63, 3.8) is 0 Å². The second-order valence-corrected chi connectivity index (χ2v) is 10.9. The summed E-state index contributed by atoms with van der Waals surface area (Å²) >= 11 is 0. The molecule has 0 amide bonds. The normalized spacial score (nSPS) is 13.9. The summed E-state index contributed by atoms with van der Waals surface area (Å²) in [5.74, 6) is -2.17. The van der Waals surface area contributed by atoms with E-state index in [-0.39, 0.29) is 12.3 Å². The Morgan fingerprint density at radius 1 is 0.525 bits per heavy atom. The van der Waals surface area contributed by atoms with E-state index in [0.29, 0.717) is 12.8 Å². The van der Waals surface area contributed by atoms with Gasteiger partial charge in [0.2, 0.25) is 0 Å². The predicted octanol–water partition coefficient (Wildman–Crippen LogP) is 11.0. The van der Waals surface area contributed by atoms with Gasteiger partial charge in [0, 0.05) is 6.42 Å². The minimum absolute atomic E-state index is 0.0408. The molecule has 0 aromatic rings. The SMILES string of the molecule is CCCCCC=CCC=CCC=CCCCC(C(=O)O)C(CCCCC=CCC=CCCCCC)CCC(=O)O. The average molecular weight is 557 g/mol. The number of carboxylic acid groups (broad SMARTS) is 2. The Labute approximate surface area is 246 Å². The third-order valence-electron chi connectivity index (χ3n) is 7.30. The molecule has 0 bridgehead atoms. The first-order valence-electron chi connectivity index (χ1n) is 16.2. The van der Waals surface area contributed by atoms with E-state index in [9.17, 15) is 19.8 Å². The molecule has 0 aromatic carbocycles.